The van der Waals surface area contributed by atoms with Crippen LogP contribution in [0.25, 0.3) is 10.8 Å². The summed E-state index contributed by atoms with van der Waals surface area (Å²) < 4.78 is 0. The van der Waals surface area contributed by atoms with E-state index in [1.807, 2.05) is 12.1 Å². The molecule has 1 saturated carbocycles. The quantitative estimate of drug-likeness (QED) is 0.857. The fraction of sp³-hybridized carbons (Fsp3) is 0.286. The minimum atomic E-state index is 0. The van der Waals surface area contributed by atoms with E-state index >= 15 is 0 Å². The summed E-state index contributed by atoms with van der Waals surface area (Å²) in [7, 11) is 0. The van der Waals surface area contributed by atoms with Crippen LogP contribution in [0.1, 0.15) is 24.4 Å². The van der Waals surface area contributed by atoms with Crippen molar-refractivity contribution in [3.63, 3.8) is 0 Å². The Morgan fingerprint density at radius 1 is 1.06 bits per heavy atom. The van der Waals surface area contributed by atoms with Gasteiger partial charge in [-0.1, -0.05) is 18.2 Å². The Bertz CT molecular complexity index is 537. The maximum Gasteiger partial charge on any atom is 0.116 e. The molecule has 3 rings (SSSR count). The molecule has 0 bridgehead atoms. The summed E-state index contributed by atoms with van der Waals surface area (Å²) in [5, 5.41) is 11.6. The minimum Gasteiger partial charge on any atom is -0.508 e. The number of hydrogen-bond donors (Lipinski definition) is 2. The lowest BCUT2D eigenvalue weighted by Gasteiger charge is -2.11. The highest BCUT2D eigenvalue weighted by molar-refractivity contribution is 5.85. The van der Waals surface area contributed by atoms with Gasteiger partial charge in [0.15, 0.2) is 0 Å². The maximum absolute atomic E-state index is 9.38. The van der Waals surface area contributed by atoms with Crippen LogP contribution < -0.4 is 5.73 Å². The predicted molar refractivity (Wildman–Crippen MR) is 72.5 cm³/mol. The van der Waals surface area contributed by atoms with Gasteiger partial charge >= 0.3 is 0 Å². The summed E-state index contributed by atoms with van der Waals surface area (Å²) >= 11 is 0. The van der Waals surface area contributed by atoms with Gasteiger partial charge in [0.2, 0.25) is 0 Å². The number of benzene rings is 2. The molecule has 1 aliphatic carbocycles. The van der Waals surface area contributed by atoms with Crippen LogP contribution in [0.5, 0.6) is 5.75 Å². The first-order valence-corrected chi connectivity index (χ1v) is 5.72. The third-order valence-electron chi connectivity index (χ3n) is 3.36. The van der Waals surface area contributed by atoms with Crippen molar-refractivity contribution in [1.82, 2.24) is 0 Å². The molecule has 0 amide bonds. The molecule has 0 saturated heterocycles. The second-order valence-electron chi connectivity index (χ2n) is 4.65. The van der Waals surface area contributed by atoms with Gasteiger partial charge in [-0.3, -0.25) is 0 Å². The summed E-state index contributed by atoms with van der Waals surface area (Å²) in [5.41, 5.74) is 7.38. The number of fused-ring (bicyclic) bond motifs is 1. The standard InChI is InChI=1S/C14H15NO.ClH/c15-14(9-1-2-9)12-4-3-11-8-13(16)6-5-10(11)7-12;/h3-9,14,16H,1-2,15H2;1H/t14-;/m1./s1. The third kappa shape index (κ3) is 2.38. The van der Waals surface area contributed by atoms with Crippen molar-refractivity contribution in [3.05, 3.63) is 42.0 Å². The first kappa shape index (κ1) is 12.2. The van der Waals surface area contributed by atoms with E-state index in [2.05, 4.69) is 12.1 Å². The van der Waals surface area contributed by atoms with E-state index in [9.17, 15) is 5.11 Å². The molecule has 2 nitrogen and oxygen atoms in total. The van der Waals surface area contributed by atoms with E-state index < -0.39 is 0 Å². The van der Waals surface area contributed by atoms with E-state index in [-0.39, 0.29) is 18.4 Å². The number of rotatable bonds is 2. The number of halogens is 1. The van der Waals surface area contributed by atoms with Gasteiger partial charge in [0.05, 0.1) is 0 Å². The Hall–Kier alpha value is -1.25. The lowest BCUT2D eigenvalue weighted by molar-refractivity contribution is 0.476. The average molecular weight is 250 g/mol. The molecule has 2 aromatic rings. The van der Waals surface area contributed by atoms with Gasteiger partial charge in [-0.15, -0.1) is 12.4 Å². The van der Waals surface area contributed by atoms with Gasteiger partial charge in [-0.25, -0.2) is 0 Å². The lowest BCUT2D eigenvalue weighted by Crippen LogP contribution is -2.11. The summed E-state index contributed by atoms with van der Waals surface area (Å²) in [6, 6.07) is 11.9. The monoisotopic (exact) mass is 249 g/mol. The Kier molecular flexibility index (Phi) is 3.27. The molecule has 1 fully saturated rings. The number of phenolic OH excluding ortho intramolecular Hbond substituents is 1. The molecular weight excluding hydrogens is 234 g/mol. The van der Waals surface area contributed by atoms with Gasteiger partial charge in [0, 0.05) is 6.04 Å². The zero-order chi connectivity index (χ0) is 11.1. The highest BCUT2D eigenvalue weighted by atomic mass is 35.5. The normalized spacial score (nSPS) is 16.5. The molecule has 0 aromatic heterocycles. The Morgan fingerprint density at radius 3 is 2.41 bits per heavy atom. The zero-order valence-electron chi connectivity index (χ0n) is 9.47. The highest BCUT2D eigenvalue weighted by Crippen LogP contribution is 2.40. The molecule has 0 unspecified atom stereocenters. The zero-order valence-corrected chi connectivity index (χ0v) is 10.3. The van der Waals surface area contributed by atoms with Crippen LogP contribution in [0, 0.1) is 5.92 Å². The molecule has 2 aromatic carbocycles. The van der Waals surface area contributed by atoms with E-state index in [0.717, 1.165) is 10.8 Å². The largest absolute Gasteiger partial charge is 0.508 e. The Labute approximate surface area is 107 Å². The molecule has 1 atom stereocenters. The van der Waals surface area contributed by atoms with Gasteiger partial charge < -0.3 is 10.8 Å². The topological polar surface area (TPSA) is 46.2 Å². The number of nitrogens with two attached hydrogens (primary N) is 1. The van der Waals surface area contributed by atoms with Crippen molar-refractivity contribution in [2.24, 2.45) is 11.7 Å². The average Bonchev–Trinajstić information content (AvgIpc) is 3.11. The molecule has 3 N–H and O–H groups in total. The lowest BCUT2D eigenvalue weighted by atomic mass is 9.99. The van der Waals surface area contributed by atoms with E-state index in [1.165, 1.54) is 18.4 Å². The van der Waals surface area contributed by atoms with E-state index in [4.69, 9.17) is 5.73 Å². The summed E-state index contributed by atoms with van der Waals surface area (Å²) in [6.07, 6.45) is 2.52. The van der Waals surface area contributed by atoms with Crippen molar-refractivity contribution in [2.45, 2.75) is 18.9 Å². The summed E-state index contributed by atoms with van der Waals surface area (Å²) in [5.74, 6) is 0.987. The van der Waals surface area contributed by atoms with Crippen LogP contribution >= 0.6 is 12.4 Å². The van der Waals surface area contributed by atoms with Crippen molar-refractivity contribution in [2.75, 3.05) is 0 Å². The second-order valence-corrected chi connectivity index (χ2v) is 4.65. The Balaban J connectivity index is 0.00000108. The molecule has 0 radical (unpaired) electrons. The molecular formula is C14H16ClNO. The van der Waals surface area contributed by atoms with Crippen LogP contribution in [0.3, 0.4) is 0 Å². The smallest absolute Gasteiger partial charge is 0.116 e. The van der Waals surface area contributed by atoms with Crippen LogP contribution in [-0.4, -0.2) is 5.11 Å². The second kappa shape index (κ2) is 4.55. The number of aromatic hydroxyl groups is 1. The van der Waals surface area contributed by atoms with Crippen molar-refractivity contribution >= 4 is 23.2 Å². The SMILES string of the molecule is Cl.N[C@@H](c1ccc2cc(O)ccc2c1)C1CC1. The predicted octanol–water partition coefficient (Wildman–Crippen LogP) is 3.38. The first-order valence-electron chi connectivity index (χ1n) is 5.72. The fourth-order valence-electron chi connectivity index (χ4n) is 2.19. The van der Waals surface area contributed by atoms with E-state index in [0.29, 0.717) is 11.7 Å². The molecule has 0 spiro atoms. The molecule has 1 aliphatic rings. The van der Waals surface area contributed by atoms with Crippen molar-refractivity contribution in [3.8, 4) is 5.75 Å². The van der Waals surface area contributed by atoms with Gasteiger partial charge in [-0.05, 0) is 53.3 Å². The van der Waals surface area contributed by atoms with Gasteiger partial charge in [0.25, 0.3) is 0 Å². The van der Waals surface area contributed by atoms with Gasteiger partial charge in [-0.2, -0.15) is 0 Å². The Morgan fingerprint density at radius 2 is 1.71 bits per heavy atom. The van der Waals surface area contributed by atoms with Crippen molar-refractivity contribution < 1.29 is 5.11 Å². The molecule has 90 valence electrons. The fourth-order valence-corrected chi connectivity index (χ4v) is 2.19. The highest BCUT2D eigenvalue weighted by Gasteiger charge is 2.29. The van der Waals surface area contributed by atoms with Crippen LogP contribution in [0.2, 0.25) is 0 Å². The first-order chi connectivity index (χ1) is 7.74. The minimum absolute atomic E-state index is 0. The van der Waals surface area contributed by atoms with Gasteiger partial charge in [0.1, 0.15) is 5.75 Å². The molecule has 3 heteroatoms. The number of phenols is 1. The van der Waals surface area contributed by atoms with Crippen LogP contribution in [-0.2, 0) is 0 Å². The molecule has 0 aliphatic heterocycles. The van der Waals surface area contributed by atoms with E-state index in [1.54, 1.807) is 12.1 Å². The molecule has 0 heterocycles. The van der Waals surface area contributed by atoms with Crippen LogP contribution in [0.4, 0.5) is 0 Å². The number of hydrogen-bond acceptors (Lipinski definition) is 2. The third-order valence-corrected chi connectivity index (χ3v) is 3.36. The maximum atomic E-state index is 9.38. The van der Waals surface area contributed by atoms with Crippen LogP contribution in [0.15, 0.2) is 36.4 Å². The molecule has 17 heavy (non-hydrogen) atoms. The van der Waals surface area contributed by atoms with Crippen molar-refractivity contribution in [1.29, 1.82) is 0 Å². The summed E-state index contributed by atoms with van der Waals surface area (Å²) in [6.45, 7) is 0. The summed E-state index contributed by atoms with van der Waals surface area (Å²) in [4.78, 5) is 0.